The number of rotatable bonds is 4. The first-order valence-corrected chi connectivity index (χ1v) is 10.1. The van der Waals surface area contributed by atoms with Crippen LogP contribution in [-0.4, -0.2) is 51.3 Å². The fraction of sp³-hybridized carbons (Fsp3) is 0.409. The molecule has 3 aromatic rings. The summed E-state index contributed by atoms with van der Waals surface area (Å²) in [4.78, 5) is 25.9. The van der Waals surface area contributed by atoms with Crippen LogP contribution in [-0.2, 0) is 9.53 Å². The number of aromatic amines is 1. The lowest BCUT2D eigenvalue weighted by atomic mass is 9.84. The van der Waals surface area contributed by atoms with Gasteiger partial charge in [-0.3, -0.25) is 4.79 Å². The number of hydrogen-bond acceptors (Lipinski definition) is 5. The monoisotopic (exact) mass is 392 g/mol. The number of para-hydroxylation sites is 2. The molecule has 5 rings (SSSR count). The number of pyridine rings is 1. The highest BCUT2D eigenvalue weighted by Crippen LogP contribution is 2.40. The van der Waals surface area contributed by atoms with Crippen LogP contribution >= 0.6 is 0 Å². The number of carboxylic acid groups (broad SMARTS) is 1. The Bertz CT molecular complexity index is 989. The number of benzene rings is 1. The van der Waals surface area contributed by atoms with Gasteiger partial charge in [0.2, 0.25) is 0 Å². The number of carboxylic acids is 1. The molecule has 7 heteroatoms. The molecule has 0 radical (unpaired) electrons. The molecular formula is C22H24N4O3. The molecule has 2 aromatic heterocycles. The highest BCUT2D eigenvalue weighted by molar-refractivity contribution is 5.79. The van der Waals surface area contributed by atoms with E-state index in [4.69, 9.17) is 9.84 Å². The van der Waals surface area contributed by atoms with Crippen LogP contribution < -0.4 is 4.90 Å². The molecule has 2 N–H and O–H groups in total. The zero-order valence-corrected chi connectivity index (χ0v) is 16.2. The number of ether oxygens (including phenoxy) is 1. The molecule has 2 saturated heterocycles. The van der Waals surface area contributed by atoms with Crippen molar-refractivity contribution < 1.29 is 14.6 Å². The van der Waals surface area contributed by atoms with Crippen molar-refractivity contribution >= 4 is 22.8 Å². The molecule has 1 spiro atoms. The van der Waals surface area contributed by atoms with Gasteiger partial charge in [-0.2, -0.15) is 0 Å². The van der Waals surface area contributed by atoms with Crippen molar-refractivity contribution in [2.75, 3.05) is 24.6 Å². The van der Waals surface area contributed by atoms with Gasteiger partial charge in [0.25, 0.3) is 0 Å². The lowest BCUT2D eigenvalue weighted by Gasteiger charge is -2.39. The van der Waals surface area contributed by atoms with Gasteiger partial charge in [0, 0.05) is 24.8 Å². The van der Waals surface area contributed by atoms with Crippen LogP contribution in [0, 0.1) is 5.92 Å². The zero-order chi connectivity index (χ0) is 19.8. The summed E-state index contributed by atoms with van der Waals surface area (Å²) in [6.07, 6.45) is 4.75. The summed E-state index contributed by atoms with van der Waals surface area (Å²) in [7, 11) is 0. The van der Waals surface area contributed by atoms with Crippen LogP contribution in [0.3, 0.4) is 0 Å². The first kappa shape index (κ1) is 18.1. The minimum atomic E-state index is -0.734. The minimum Gasteiger partial charge on any atom is -0.481 e. The van der Waals surface area contributed by atoms with Crippen molar-refractivity contribution in [3.8, 4) is 11.4 Å². The third kappa shape index (κ3) is 3.58. The molecule has 1 unspecified atom stereocenters. The van der Waals surface area contributed by atoms with Crippen LogP contribution in [0.25, 0.3) is 22.4 Å². The number of aromatic nitrogens is 3. The number of anilines is 1. The SMILES string of the molecule is O=C(O)CC1COC2(CCN(c3ccc(-c4nc5ccccc5[nH]4)cn3)CC2)C1. The van der Waals surface area contributed by atoms with Gasteiger partial charge >= 0.3 is 5.97 Å². The van der Waals surface area contributed by atoms with E-state index in [-0.39, 0.29) is 17.9 Å². The fourth-order valence-electron chi connectivity index (χ4n) is 4.61. The number of aliphatic carboxylic acids is 1. The number of H-pyrrole nitrogens is 1. The van der Waals surface area contributed by atoms with E-state index >= 15 is 0 Å². The second kappa shape index (κ2) is 7.15. The predicted octanol–water partition coefficient (Wildman–Crippen LogP) is 3.48. The van der Waals surface area contributed by atoms with Crippen molar-refractivity contribution in [3.05, 3.63) is 42.6 Å². The van der Waals surface area contributed by atoms with Gasteiger partial charge in [-0.05, 0) is 49.4 Å². The number of piperidine rings is 1. The van der Waals surface area contributed by atoms with E-state index < -0.39 is 5.97 Å². The van der Waals surface area contributed by atoms with E-state index in [1.165, 1.54) is 0 Å². The predicted molar refractivity (Wildman–Crippen MR) is 110 cm³/mol. The van der Waals surface area contributed by atoms with E-state index in [2.05, 4.69) is 25.9 Å². The normalized spacial score (nSPS) is 21.1. The van der Waals surface area contributed by atoms with E-state index in [0.29, 0.717) is 6.61 Å². The maximum absolute atomic E-state index is 11.0. The molecule has 2 fully saturated rings. The van der Waals surface area contributed by atoms with Crippen LogP contribution in [0.2, 0.25) is 0 Å². The first-order valence-electron chi connectivity index (χ1n) is 10.1. The number of fused-ring (bicyclic) bond motifs is 1. The largest absolute Gasteiger partial charge is 0.481 e. The number of nitrogens with zero attached hydrogens (tertiary/aromatic N) is 3. The molecule has 0 bridgehead atoms. The van der Waals surface area contributed by atoms with E-state index in [9.17, 15) is 4.79 Å². The van der Waals surface area contributed by atoms with Crippen molar-refractivity contribution in [2.24, 2.45) is 5.92 Å². The molecular weight excluding hydrogens is 368 g/mol. The first-order chi connectivity index (χ1) is 14.1. The Morgan fingerprint density at radius 3 is 2.79 bits per heavy atom. The summed E-state index contributed by atoms with van der Waals surface area (Å²) in [5.41, 5.74) is 2.79. The van der Waals surface area contributed by atoms with Gasteiger partial charge in [0.05, 0.1) is 29.7 Å². The molecule has 7 nitrogen and oxygen atoms in total. The smallest absolute Gasteiger partial charge is 0.303 e. The summed E-state index contributed by atoms with van der Waals surface area (Å²) in [5.74, 6) is 1.19. The maximum atomic E-state index is 11.0. The van der Waals surface area contributed by atoms with Crippen molar-refractivity contribution in [1.29, 1.82) is 0 Å². The number of carbonyl (C=O) groups is 1. The van der Waals surface area contributed by atoms with Crippen LogP contribution in [0.1, 0.15) is 25.7 Å². The highest BCUT2D eigenvalue weighted by atomic mass is 16.5. The Kier molecular flexibility index (Phi) is 4.47. The van der Waals surface area contributed by atoms with Crippen LogP contribution in [0.4, 0.5) is 5.82 Å². The van der Waals surface area contributed by atoms with Gasteiger partial charge in [-0.25, -0.2) is 9.97 Å². The Morgan fingerprint density at radius 2 is 2.07 bits per heavy atom. The summed E-state index contributed by atoms with van der Waals surface area (Å²) in [6, 6.07) is 12.1. The molecule has 2 aliphatic rings. The average molecular weight is 392 g/mol. The molecule has 2 aliphatic heterocycles. The zero-order valence-electron chi connectivity index (χ0n) is 16.2. The Hall–Kier alpha value is -2.93. The highest BCUT2D eigenvalue weighted by Gasteiger charge is 2.43. The number of imidazole rings is 1. The number of nitrogens with one attached hydrogen (secondary N) is 1. The van der Waals surface area contributed by atoms with Gasteiger partial charge in [-0.15, -0.1) is 0 Å². The summed E-state index contributed by atoms with van der Waals surface area (Å²) in [5, 5.41) is 9.02. The molecule has 1 aromatic carbocycles. The summed E-state index contributed by atoms with van der Waals surface area (Å²) >= 11 is 0. The summed E-state index contributed by atoms with van der Waals surface area (Å²) < 4.78 is 6.06. The van der Waals surface area contributed by atoms with Crippen LogP contribution in [0.15, 0.2) is 42.6 Å². The Morgan fingerprint density at radius 1 is 1.24 bits per heavy atom. The summed E-state index contributed by atoms with van der Waals surface area (Å²) in [6.45, 7) is 2.31. The third-order valence-electron chi connectivity index (χ3n) is 6.16. The van der Waals surface area contributed by atoms with E-state index in [1.54, 1.807) is 0 Å². The maximum Gasteiger partial charge on any atom is 0.303 e. The lowest BCUT2D eigenvalue weighted by Crippen LogP contribution is -2.44. The second-order valence-corrected chi connectivity index (χ2v) is 8.16. The molecule has 4 heterocycles. The molecule has 0 saturated carbocycles. The standard InChI is InChI=1S/C22H24N4O3/c27-20(28)11-15-12-22(29-14-15)7-9-26(10-8-22)19-6-5-16(13-23-19)21-24-17-3-1-2-4-18(17)25-21/h1-6,13,15H,7-12,14H2,(H,24,25)(H,27,28). The van der Waals surface area contributed by atoms with Crippen molar-refractivity contribution in [2.45, 2.75) is 31.3 Å². The minimum absolute atomic E-state index is 0.139. The van der Waals surface area contributed by atoms with Crippen molar-refractivity contribution in [3.63, 3.8) is 0 Å². The molecule has 1 atom stereocenters. The fourth-order valence-corrected chi connectivity index (χ4v) is 4.61. The molecule has 0 amide bonds. The third-order valence-corrected chi connectivity index (χ3v) is 6.16. The van der Waals surface area contributed by atoms with E-state index in [0.717, 1.165) is 60.6 Å². The molecule has 29 heavy (non-hydrogen) atoms. The molecule has 0 aliphatic carbocycles. The van der Waals surface area contributed by atoms with Crippen molar-refractivity contribution in [1.82, 2.24) is 15.0 Å². The average Bonchev–Trinajstić information content (AvgIpc) is 3.33. The van der Waals surface area contributed by atoms with Gasteiger partial charge in [0.15, 0.2) is 0 Å². The van der Waals surface area contributed by atoms with Gasteiger partial charge < -0.3 is 19.7 Å². The quantitative estimate of drug-likeness (QED) is 0.706. The topological polar surface area (TPSA) is 91.3 Å². The second-order valence-electron chi connectivity index (χ2n) is 8.16. The number of hydrogen-bond donors (Lipinski definition) is 2. The molecule has 150 valence electrons. The Labute approximate surface area is 168 Å². The Balaban J connectivity index is 1.24. The van der Waals surface area contributed by atoms with Gasteiger partial charge in [-0.1, -0.05) is 12.1 Å². The van der Waals surface area contributed by atoms with Crippen LogP contribution in [0.5, 0.6) is 0 Å². The van der Waals surface area contributed by atoms with E-state index in [1.807, 2.05) is 36.5 Å². The van der Waals surface area contributed by atoms with Gasteiger partial charge in [0.1, 0.15) is 11.6 Å². The lowest BCUT2D eigenvalue weighted by molar-refractivity contribution is -0.138.